The van der Waals surface area contributed by atoms with Crippen LogP contribution in [0.1, 0.15) is 50.4 Å². The summed E-state index contributed by atoms with van der Waals surface area (Å²) in [5.41, 5.74) is -0.269. The number of β-amino-alcohol motifs (C(OH)–C–C–N with tert-alkyl or cyclic N) is 1. The number of ether oxygens (including phenoxy) is 1. The van der Waals surface area contributed by atoms with Crippen molar-refractivity contribution in [2.24, 2.45) is 0 Å². The minimum Gasteiger partial charge on any atom is -0.491 e. The van der Waals surface area contributed by atoms with Crippen LogP contribution in [-0.2, 0) is 4.79 Å². The summed E-state index contributed by atoms with van der Waals surface area (Å²) in [6.07, 6.45) is 0.424. The fourth-order valence-electron chi connectivity index (χ4n) is 2.97. The number of hydrogen-bond donors (Lipinski definition) is 2. The third kappa shape index (κ3) is 4.04. The molecule has 1 aromatic carbocycles. The summed E-state index contributed by atoms with van der Waals surface area (Å²) in [7, 11) is 0. The second-order valence-corrected chi connectivity index (χ2v) is 6.40. The van der Waals surface area contributed by atoms with Crippen molar-refractivity contribution in [3.63, 3.8) is 0 Å². The van der Waals surface area contributed by atoms with E-state index in [1.165, 1.54) is 0 Å². The monoisotopic (exact) mass is 362 g/mol. The third-order valence-electron chi connectivity index (χ3n) is 4.79. The number of urea groups is 1. The summed E-state index contributed by atoms with van der Waals surface area (Å²) >= 11 is 0. The van der Waals surface area contributed by atoms with Gasteiger partial charge in [0.15, 0.2) is 5.78 Å². The molecule has 1 heterocycles. The lowest BCUT2D eigenvalue weighted by Crippen LogP contribution is -2.46. The smallest absolute Gasteiger partial charge is 0.325 e. The summed E-state index contributed by atoms with van der Waals surface area (Å²) in [5, 5.41) is 12.9. The molecule has 142 valence electrons. The molecular formula is C19H26N2O5. The molecule has 7 heteroatoms. The zero-order chi connectivity index (χ0) is 19.3. The van der Waals surface area contributed by atoms with Gasteiger partial charge in [0.25, 0.3) is 5.91 Å². The lowest BCUT2D eigenvalue weighted by molar-refractivity contribution is -0.132. The Labute approximate surface area is 153 Å². The maximum absolute atomic E-state index is 12.5. The predicted molar refractivity (Wildman–Crippen MR) is 96.1 cm³/mol. The molecule has 1 aliphatic rings. The lowest BCUT2D eigenvalue weighted by Gasteiger charge is -2.24. The normalized spacial score (nSPS) is 17.2. The zero-order valence-corrected chi connectivity index (χ0v) is 15.4. The summed E-state index contributed by atoms with van der Waals surface area (Å²) in [4.78, 5) is 37.2. The maximum Gasteiger partial charge on any atom is 0.325 e. The van der Waals surface area contributed by atoms with Gasteiger partial charge >= 0.3 is 6.03 Å². The van der Waals surface area contributed by atoms with Gasteiger partial charge < -0.3 is 15.2 Å². The Kier molecular flexibility index (Phi) is 6.37. The first-order chi connectivity index (χ1) is 12.4. The predicted octanol–water partition coefficient (Wildman–Crippen LogP) is 2.13. The van der Waals surface area contributed by atoms with Crippen LogP contribution in [0.25, 0.3) is 0 Å². The molecule has 7 nitrogen and oxygen atoms in total. The van der Waals surface area contributed by atoms with Crippen LogP contribution in [0.5, 0.6) is 5.75 Å². The second-order valence-electron chi connectivity index (χ2n) is 6.40. The number of nitrogens with zero attached hydrogens (tertiary/aromatic N) is 1. The van der Waals surface area contributed by atoms with Crippen molar-refractivity contribution < 1.29 is 24.2 Å². The van der Waals surface area contributed by atoms with Gasteiger partial charge in [0.05, 0.1) is 6.54 Å². The van der Waals surface area contributed by atoms with Crippen LogP contribution in [0.2, 0.25) is 0 Å². The Morgan fingerprint density at radius 3 is 2.31 bits per heavy atom. The van der Waals surface area contributed by atoms with Gasteiger partial charge in [-0.3, -0.25) is 14.5 Å². The minimum absolute atomic E-state index is 0.0467. The van der Waals surface area contributed by atoms with Gasteiger partial charge in [-0.1, -0.05) is 20.8 Å². The average Bonchev–Trinajstić information content (AvgIpc) is 2.90. The molecule has 1 unspecified atom stereocenters. The number of Topliss-reactive ketones (excluding diaryl/α,β-unsaturated/α-hetero) is 1. The molecule has 0 saturated carbocycles. The van der Waals surface area contributed by atoms with Crippen LogP contribution in [-0.4, -0.2) is 52.5 Å². The molecule has 2 N–H and O–H groups in total. The molecule has 1 atom stereocenters. The van der Waals surface area contributed by atoms with Gasteiger partial charge in [-0.15, -0.1) is 0 Å². The summed E-state index contributed by atoms with van der Waals surface area (Å²) in [6, 6.07) is 6.16. The van der Waals surface area contributed by atoms with E-state index in [4.69, 9.17) is 4.74 Å². The van der Waals surface area contributed by atoms with Crippen molar-refractivity contribution in [2.45, 2.75) is 51.7 Å². The van der Waals surface area contributed by atoms with E-state index < -0.39 is 17.7 Å². The number of benzene rings is 1. The Morgan fingerprint density at radius 2 is 1.81 bits per heavy atom. The molecule has 1 fully saturated rings. The number of aliphatic hydroxyl groups excluding tert-OH is 1. The molecule has 0 radical (unpaired) electrons. The van der Waals surface area contributed by atoms with E-state index in [1.54, 1.807) is 31.2 Å². The van der Waals surface area contributed by atoms with Crippen molar-refractivity contribution in [1.82, 2.24) is 10.2 Å². The fourth-order valence-corrected chi connectivity index (χ4v) is 2.97. The lowest BCUT2D eigenvalue weighted by atomic mass is 9.93. The highest BCUT2D eigenvalue weighted by molar-refractivity contribution is 6.07. The average molecular weight is 362 g/mol. The van der Waals surface area contributed by atoms with E-state index in [0.29, 0.717) is 30.6 Å². The summed E-state index contributed by atoms with van der Waals surface area (Å²) < 4.78 is 5.49. The molecular weight excluding hydrogens is 336 g/mol. The molecule has 26 heavy (non-hydrogen) atoms. The van der Waals surface area contributed by atoms with Crippen molar-refractivity contribution in [3.05, 3.63) is 29.8 Å². The first kappa shape index (κ1) is 19.9. The van der Waals surface area contributed by atoms with Gasteiger partial charge in [0.2, 0.25) is 0 Å². The Balaban J connectivity index is 1.91. The summed E-state index contributed by atoms with van der Waals surface area (Å²) in [6.45, 7) is 5.29. The van der Waals surface area contributed by atoms with Crippen LogP contribution in [0.3, 0.4) is 0 Å². The van der Waals surface area contributed by atoms with Crippen LogP contribution in [0, 0.1) is 0 Å². The van der Waals surface area contributed by atoms with E-state index in [9.17, 15) is 19.5 Å². The van der Waals surface area contributed by atoms with Crippen molar-refractivity contribution in [2.75, 3.05) is 13.2 Å². The fraction of sp³-hybridized carbons (Fsp3) is 0.526. The number of hydrogen-bond acceptors (Lipinski definition) is 5. The molecule has 3 amide bonds. The van der Waals surface area contributed by atoms with E-state index in [1.807, 2.05) is 13.8 Å². The Hall–Kier alpha value is -2.41. The van der Waals surface area contributed by atoms with Gasteiger partial charge in [0, 0.05) is 12.0 Å². The largest absolute Gasteiger partial charge is 0.491 e. The van der Waals surface area contributed by atoms with E-state index in [-0.39, 0.29) is 24.8 Å². The standard InChI is InChI=1S/C19H26N2O5/c1-4-16(23)13-7-9-15(10-8-13)26-12-14(22)11-21-17(24)19(5-2,6-3)20-18(21)25/h7-10,14,22H,4-6,11-12H2,1-3H3,(H,20,25). The van der Waals surface area contributed by atoms with Crippen LogP contribution in [0.15, 0.2) is 24.3 Å². The molecule has 0 aliphatic carbocycles. The van der Waals surface area contributed by atoms with Crippen LogP contribution < -0.4 is 10.1 Å². The van der Waals surface area contributed by atoms with E-state index in [2.05, 4.69) is 5.32 Å². The topological polar surface area (TPSA) is 95.9 Å². The van der Waals surface area contributed by atoms with E-state index >= 15 is 0 Å². The molecule has 1 aromatic rings. The van der Waals surface area contributed by atoms with E-state index in [0.717, 1.165) is 4.90 Å². The highest BCUT2D eigenvalue weighted by Gasteiger charge is 2.48. The Morgan fingerprint density at radius 1 is 1.19 bits per heavy atom. The number of carbonyl (C=O) groups is 3. The number of imide groups is 1. The van der Waals surface area contributed by atoms with Crippen molar-refractivity contribution in [3.8, 4) is 5.75 Å². The number of ketones is 1. The highest BCUT2D eigenvalue weighted by Crippen LogP contribution is 2.25. The van der Waals surface area contributed by atoms with Crippen molar-refractivity contribution in [1.29, 1.82) is 0 Å². The van der Waals surface area contributed by atoms with Gasteiger partial charge in [-0.25, -0.2) is 4.79 Å². The van der Waals surface area contributed by atoms with Gasteiger partial charge in [-0.05, 0) is 37.1 Å². The van der Waals surface area contributed by atoms with Gasteiger partial charge in [-0.2, -0.15) is 0 Å². The molecule has 0 spiro atoms. The SMILES string of the molecule is CCC(=O)c1ccc(OCC(O)CN2C(=O)NC(CC)(CC)C2=O)cc1. The quantitative estimate of drug-likeness (QED) is 0.518. The number of carbonyl (C=O) groups excluding carboxylic acids is 3. The molecule has 1 saturated heterocycles. The molecule has 2 rings (SSSR count). The first-order valence-electron chi connectivity index (χ1n) is 8.95. The minimum atomic E-state index is -1.01. The maximum atomic E-state index is 12.5. The number of aliphatic hydroxyl groups is 1. The highest BCUT2D eigenvalue weighted by atomic mass is 16.5. The molecule has 0 aromatic heterocycles. The first-order valence-corrected chi connectivity index (χ1v) is 8.95. The molecule has 1 aliphatic heterocycles. The second kappa shape index (κ2) is 8.31. The number of nitrogens with one attached hydrogen (secondary N) is 1. The van der Waals surface area contributed by atoms with Crippen LogP contribution >= 0.6 is 0 Å². The van der Waals surface area contributed by atoms with Crippen LogP contribution in [0.4, 0.5) is 4.79 Å². The number of rotatable bonds is 9. The Bertz CT molecular complexity index is 667. The number of amides is 3. The zero-order valence-electron chi connectivity index (χ0n) is 15.4. The third-order valence-corrected chi connectivity index (χ3v) is 4.79. The van der Waals surface area contributed by atoms with Gasteiger partial charge in [0.1, 0.15) is 24.0 Å². The molecule has 0 bridgehead atoms. The van der Waals surface area contributed by atoms with Crippen molar-refractivity contribution >= 4 is 17.7 Å². The summed E-state index contributed by atoms with van der Waals surface area (Å²) in [5.74, 6) is 0.241.